The molecular formula is C7H12ClN3O. The molecule has 0 unspecified atom stereocenters. The van der Waals surface area contributed by atoms with Crippen molar-refractivity contribution in [2.75, 3.05) is 6.54 Å². The molecule has 0 saturated carbocycles. The molecule has 0 amide bonds. The number of nitrogens with zero attached hydrogens (tertiary/aromatic N) is 2. The zero-order valence-electron chi connectivity index (χ0n) is 7.07. The summed E-state index contributed by atoms with van der Waals surface area (Å²) in [6.07, 6.45) is 1.66. The first-order valence-corrected chi connectivity index (χ1v) is 3.38. The van der Waals surface area contributed by atoms with Gasteiger partial charge >= 0.3 is 0 Å². The van der Waals surface area contributed by atoms with Crippen molar-refractivity contribution < 1.29 is 4.79 Å². The summed E-state index contributed by atoms with van der Waals surface area (Å²) in [5, 5.41) is 3.93. The van der Waals surface area contributed by atoms with Crippen LogP contribution in [0.5, 0.6) is 0 Å². The van der Waals surface area contributed by atoms with Gasteiger partial charge in [-0.2, -0.15) is 5.10 Å². The molecule has 4 nitrogen and oxygen atoms in total. The van der Waals surface area contributed by atoms with E-state index in [0.717, 1.165) is 5.56 Å². The summed E-state index contributed by atoms with van der Waals surface area (Å²) in [7, 11) is 1.73. The minimum Gasteiger partial charge on any atom is -0.324 e. The topological polar surface area (TPSA) is 60.9 Å². The van der Waals surface area contributed by atoms with Crippen molar-refractivity contribution in [2.24, 2.45) is 12.8 Å². The Labute approximate surface area is 77.2 Å². The predicted molar refractivity (Wildman–Crippen MR) is 48.6 cm³/mol. The lowest BCUT2D eigenvalue weighted by atomic mass is 10.2. The number of rotatable bonds is 2. The van der Waals surface area contributed by atoms with Crippen LogP contribution in [-0.4, -0.2) is 22.1 Å². The zero-order chi connectivity index (χ0) is 8.43. The molecule has 0 spiro atoms. The van der Waals surface area contributed by atoms with Crippen molar-refractivity contribution >= 4 is 18.2 Å². The largest absolute Gasteiger partial charge is 0.324 e. The Bertz CT molecular complexity index is 263. The third-order valence-electron chi connectivity index (χ3n) is 1.57. The molecule has 0 aliphatic heterocycles. The maximum absolute atomic E-state index is 11.1. The Hall–Kier alpha value is -0.870. The van der Waals surface area contributed by atoms with Crippen molar-refractivity contribution in [3.63, 3.8) is 0 Å². The van der Waals surface area contributed by atoms with Gasteiger partial charge in [0.1, 0.15) is 5.69 Å². The van der Waals surface area contributed by atoms with Crippen molar-refractivity contribution in [2.45, 2.75) is 6.92 Å². The van der Waals surface area contributed by atoms with Crippen LogP contribution in [0.3, 0.4) is 0 Å². The van der Waals surface area contributed by atoms with Crippen molar-refractivity contribution in [1.29, 1.82) is 0 Å². The zero-order valence-corrected chi connectivity index (χ0v) is 7.89. The van der Waals surface area contributed by atoms with Gasteiger partial charge < -0.3 is 5.73 Å². The van der Waals surface area contributed by atoms with Gasteiger partial charge in [-0.3, -0.25) is 9.48 Å². The second-order valence-electron chi connectivity index (χ2n) is 2.43. The maximum Gasteiger partial charge on any atom is 0.194 e. The Balaban J connectivity index is 0.00000121. The summed E-state index contributed by atoms with van der Waals surface area (Å²) in [5.74, 6) is -0.0671. The number of hydrogen-bond donors (Lipinski definition) is 1. The van der Waals surface area contributed by atoms with Gasteiger partial charge in [-0.1, -0.05) is 0 Å². The fraction of sp³-hybridized carbons (Fsp3) is 0.429. The van der Waals surface area contributed by atoms with E-state index >= 15 is 0 Å². The molecule has 1 rings (SSSR count). The van der Waals surface area contributed by atoms with E-state index in [0.29, 0.717) is 5.69 Å². The van der Waals surface area contributed by atoms with E-state index in [1.807, 2.05) is 6.92 Å². The third-order valence-corrected chi connectivity index (χ3v) is 1.57. The minimum atomic E-state index is -0.0671. The van der Waals surface area contributed by atoms with Gasteiger partial charge in [0.2, 0.25) is 0 Å². The summed E-state index contributed by atoms with van der Waals surface area (Å²) in [6.45, 7) is 1.89. The Morgan fingerprint density at radius 1 is 1.75 bits per heavy atom. The Kier molecular flexibility index (Phi) is 3.92. The highest BCUT2D eigenvalue weighted by Crippen LogP contribution is 2.04. The van der Waals surface area contributed by atoms with E-state index in [9.17, 15) is 4.79 Å². The number of Topliss-reactive ketones (excluding diaryl/α,β-unsaturated/α-hetero) is 1. The molecule has 1 heterocycles. The van der Waals surface area contributed by atoms with Crippen LogP contribution in [0.4, 0.5) is 0 Å². The van der Waals surface area contributed by atoms with Crippen LogP contribution in [0.2, 0.25) is 0 Å². The lowest BCUT2D eigenvalue weighted by molar-refractivity contribution is 0.0992. The Morgan fingerprint density at radius 3 is 2.67 bits per heavy atom. The van der Waals surface area contributed by atoms with Gasteiger partial charge in [-0.15, -0.1) is 12.4 Å². The van der Waals surface area contributed by atoms with Gasteiger partial charge in [-0.25, -0.2) is 0 Å². The third kappa shape index (κ3) is 1.84. The minimum absolute atomic E-state index is 0. The summed E-state index contributed by atoms with van der Waals surface area (Å²) < 4.78 is 1.55. The number of ketones is 1. The molecule has 0 aromatic carbocycles. The first kappa shape index (κ1) is 11.1. The van der Waals surface area contributed by atoms with Gasteiger partial charge in [0.25, 0.3) is 0 Å². The highest BCUT2D eigenvalue weighted by molar-refractivity contribution is 5.97. The molecule has 2 N–H and O–H groups in total. The molecule has 1 aromatic heterocycles. The van der Waals surface area contributed by atoms with Gasteiger partial charge in [0, 0.05) is 7.05 Å². The molecule has 5 heteroatoms. The molecule has 68 valence electrons. The fourth-order valence-corrected chi connectivity index (χ4v) is 1.04. The molecule has 0 aliphatic rings. The van der Waals surface area contributed by atoms with E-state index in [4.69, 9.17) is 5.73 Å². The van der Waals surface area contributed by atoms with Crippen molar-refractivity contribution in [1.82, 2.24) is 9.78 Å². The van der Waals surface area contributed by atoms with Crippen molar-refractivity contribution in [3.8, 4) is 0 Å². The van der Waals surface area contributed by atoms with Gasteiger partial charge in [-0.05, 0) is 12.5 Å². The summed E-state index contributed by atoms with van der Waals surface area (Å²) in [6, 6.07) is 0. The normalized spacial score (nSPS) is 9.25. The van der Waals surface area contributed by atoms with Crippen LogP contribution in [0.15, 0.2) is 6.20 Å². The van der Waals surface area contributed by atoms with E-state index in [1.165, 1.54) is 0 Å². The maximum atomic E-state index is 11.1. The number of halogens is 1. The second kappa shape index (κ2) is 4.23. The fourth-order valence-electron chi connectivity index (χ4n) is 1.04. The van der Waals surface area contributed by atoms with E-state index in [1.54, 1.807) is 17.9 Å². The average molecular weight is 190 g/mol. The summed E-state index contributed by atoms with van der Waals surface area (Å²) in [4.78, 5) is 11.1. The lowest BCUT2D eigenvalue weighted by Crippen LogP contribution is -2.18. The number of hydrogen-bond acceptors (Lipinski definition) is 3. The molecular weight excluding hydrogens is 178 g/mol. The average Bonchev–Trinajstić information content (AvgIpc) is 2.30. The lowest BCUT2D eigenvalue weighted by Gasteiger charge is -1.98. The number of carbonyl (C=O) groups excluding carboxylic acids is 1. The highest BCUT2D eigenvalue weighted by Gasteiger charge is 2.11. The number of aryl methyl sites for hydroxylation is 2. The van der Waals surface area contributed by atoms with E-state index in [-0.39, 0.29) is 24.7 Å². The standard InChI is InChI=1S/C7H11N3O.ClH/c1-5-4-9-10(2)7(5)6(11)3-8;/h4H,3,8H2,1-2H3;1H. The molecule has 0 radical (unpaired) electrons. The quantitative estimate of drug-likeness (QED) is 0.681. The van der Waals surface area contributed by atoms with Crippen molar-refractivity contribution in [3.05, 3.63) is 17.5 Å². The van der Waals surface area contributed by atoms with E-state index < -0.39 is 0 Å². The SMILES string of the molecule is Cc1cnn(C)c1C(=O)CN.Cl. The van der Waals surface area contributed by atoms with Gasteiger partial charge in [0.15, 0.2) is 5.78 Å². The summed E-state index contributed by atoms with van der Waals surface area (Å²) >= 11 is 0. The highest BCUT2D eigenvalue weighted by atomic mass is 35.5. The number of nitrogens with two attached hydrogens (primary N) is 1. The van der Waals surface area contributed by atoms with Crippen LogP contribution in [0.25, 0.3) is 0 Å². The van der Waals surface area contributed by atoms with E-state index in [2.05, 4.69) is 5.10 Å². The Morgan fingerprint density at radius 2 is 2.33 bits per heavy atom. The molecule has 0 saturated heterocycles. The van der Waals surface area contributed by atoms with Crippen LogP contribution < -0.4 is 5.73 Å². The second-order valence-corrected chi connectivity index (χ2v) is 2.43. The number of carbonyl (C=O) groups is 1. The molecule has 0 fully saturated rings. The molecule has 0 bridgehead atoms. The smallest absolute Gasteiger partial charge is 0.194 e. The predicted octanol–water partition coefficient (Wildman–Crippen LogP) is 0.292. The van der Waals surface area contributed by atoms with Gasteiger partial charge in [0.05, 0.1) is 12.7 Å². The van der Waals surface area contributed by atoms with Crippen LogP contribution in [0.1, 0.15) is 16.1 Å². The monoisotopic (exact) mass is 189 g/mol. The van der Waals surface area contributed by atoms with Crippen LogP contribution >= 0.6 is 12.4 Å². The first-order chi connectivity index (χ1) is 5.16. The molecule has 12 heavy (non-hydrogen) atoms. The summed E-state index contributed by atoms with van der Waals surface area (Å²) in [5.41, 5.74) is 6.69. The number of aromatic nitrogens is 2. The molecule has 0 aliphatic carbocycles. The first-order valence-electron chi connectivity index (χ1n) is 3.38. The van der Waals surface area contributed by atoms with Crippen LogP contribution in [-0.2, 0) is 7.05 Å². The molecule has 1 aromatic rings. The van der Waals surface area contributed by atoms with Crippen LogP contribution in [0, 0.1) is 6.92 Å². The molecule has 0 atom stereocenters.